The molecule has 1 amide bonds. The van der Waals surface area contributed by atoms with E-state index in [-0.39, 0.29) is 11.6 Å². The first-order valence-electron chi connectivity index (χ1n) is 5.51. The third-order valence-corrected chi connectivity index (χ3v) is 2.54. The lowest BCUT2D eigenvalue weighted by molar-refractivity contribution is 0.0957. The summed E-state index contributed by atoms with van der Waals surface area (Å²) in [5.41, 5.74) is 0.816. The van der Waals surface area contributed by atoms with Crippen molar-refractivity contribution in [3.05, 3.63) is 23.9 Å². The summed E-state index contributed by atoms with van der Waals surface area (Å²) in [5, 5.41) is 18.0. The Bertz CT molecular complexity index is 758. The van der Waals surface area contributed by atoms with Crippen molar-refractivity contribution >= 4 is 16.9 Å². The number of aryl methyl sites for hydroxylation is 1. The zero-order chi connectivity index (χ0) is 13.4. The van der Waals surface area contributed by atoms with Crippen LogP contribution in [0.4, 0.5) is 0 Å². The summed E-state index contributed by atoms with van der Waals surface area (Å²) in [6, 6.07) is 0. The standard InChI is InChI=1S/C10H10N8O/c1-5-14-8-6(3-12-16-8)9(15-5)18-13-4-7(17-18)10(19)11-2/h3-4H,1-2H3,(H,11,19)(H,12,14,15,16). The summed E-state index contributed by atoms with van der Waals surface area (Å²) in [5.74, 6) is 0.734. The molecule has 0 aromatic carbocycles. The molecule has 0 aliphatic carbocycles. The number of nitrogens with zero attached hydrogens (tertiary/aromatic N) is 6. The zero-order valence-electron chi connectivity index (χ0n) is 10.2. The largest absolute Gasteiger partial charge is 0.354 e. The first-order chi connectivity index (χ1) is 9.19. The lowest BCUT2D eigenvalue weighted by atomic mass is 10.4. The van der Waals surface area contributed by atoms with Crippen LogP contribution in [0.15, 0.2) is 12.4 Å². The van der Waals surface area contributed by atoms with E-state index in [2.05, 4.69) is 35.7 Å². The lowest BCUT2D eigenvalue weighted by Crippen LogP contribution is -2.18. The molecule has 0 radical (unpaired) electrons. The highest BCUT2D eigenvalue weighted by Gasteiger charge is 2.14. The Morgan fingerprint density at radius 1 is 1.37 bits per heavy atom. The average Bonchev–Trinajstić information content (AvgIpc) is 3.05. The summed E-state index contributed by atoms with van der Waals surface area (Å²) in [7, 11) is 1.53. The molecular formula is C10H10N8O. The normalized spacial score (nSPS) is 10.8. The Hall–Kier alpha value is -2.84. The summed E-state index contributed by atoms with van der Waals surface area (Å²) >= 11 is 0. The van der Waals surface area contributed by atoms with Gasteiger partial charge in [-0.25, -0.2) is 9.97 Å². The number of carbonyl (C=O) groups is 1. The first-order valence-corrected chi connectivity index (χ1v) is 5.51. The molecule has 9 nitrogen and oxygen atoms in total. The highest BCUT2D eigenvalue weighted by molar-refractivity contribution is 5.91. The van der Waals surface area contributed by atoms with E-state index >= 15 is 0 Å². The number of aromatic nitrogens is 7. The van der Waals surface area contributed by atoms with Gasteiger partial charge in [0.1, 0.15) is 5.82 Å². The number of nitrogens with one attached hydrogen (secondary N) is 2. The van der Waals surface area contributed by atoms with Gasteiger partial charge >= 0.3 is 0 Å². The van der Waals surface area contributed by atoms with Crippen LogP contribution in [0.5, 0.6) is 0 Å². The Morgan fingerprint density at radius 3 is 3.00 bits per heavy atom. The number of aromatic amines is 1. The number of H-pyrrole nitrogens is 1. The van der Waals surface area contributed by atoms with Gasteiger partial charge in [-0.2, -0.15) is 10.2 Å². The number of fused-ring (bicyclic) bond motifs is 1. The van der Waals surface area contributed by atoms with Gasteiger partial charge in [0.05, 0.1) is 17.8 Å². The van der Waals surface area contributed by atoms with Crippen LogP contribution in [0, 0.1) is 6.92 Å². The minimum absolute atomic E-state index is 0.218. The highest BCUT2D eigenvalue weighted by atomic mass is 16.1. The predicted octanol–water partition coefficient (Wildman–Crippen LogP) is -0.398. The summed E-state index contributed by atoms with van der Waals surface area (Å²) < 4.78 is 0. The van der Waals surface area contributed by atoms with Gasteiger partial charge in [-0.15, -0.1) is 9.90 Å². The number of amides is 1. The molecule has 2 N–H and O–H groups in total. The van der Waals surface area contributed by atoms with Gasteiger partial charge in [0, 0.05) is 7.05 Å². The molecule has 3 rings (SSSR count). The van der Waals surface area contributed by atoms with Crippen molar-refractivity contribution in [2.24, 2.45) is 0 Å². The minimum Gasteiger partial charge on any atom is -0.354 e. The van der Waals surface area contributed by atoms with Crippen LogP contribution in [-0.2, 0) is 0 Å². The SMILES string of the molecule is CNC(=O)c1cnn(-c2nc(C)nc3[nH]ncc23)n1. The summed E-state index contributed by atoms with van der Waals surface area (Å²) in [6.45, 7) is 1.76. The molecule has 0 aliphatic rings. The van der Waals surface area contributed by atoms with Crippen molar-refractivity contribution in [1.82, 2.24) is 40.5 Å². The fourth-order valence-corrected chi connectivity index (χ4v) is 1.68. The molecular weight excluding hydrogens is 248 g/mol. The van der Waals surface area contributed by atoms with Crippen molar-refractivity contribution in [3.8, 4) is 5.82 Å². The van der Waals surface area contributed by atoms with E-state index in [1.54, 1.807) is 13.1 Å². The van der Waals surface area contributed by atoms with E-state index < -0.39 is 0 Å². The molecule has 3 aromatic rings. The van der Waals surface area contributed by atoms with E-state index in [4.69, 9.17) is 0 Å². The lowest BCUT2D eigenvalue weighted by Gasteiger charge is -2.01. The molecule has 0 saturated heterocycles. The minimum atomic E-state index is -0.305. The van der Waals surface area contributed by atoms with Crippen molar-refractivity contribution in [3.63, 3.8) is 0 Å². The van der Waals surface area contributed by atoms with Crippen LogP contribution in [0.2, 0.25) is 0 Å². The van der Waals surface area contributed by atoms with Gasteiger partial charge in [-0.1, -0.05) is 0 Å². The van der Waals surface area contributed by atoms with Crippen LogP contribution in [0.1, 0.15) is 16.3 Å². The fraction of sp³-hybridized carbons (Fsp3) is 0.200. The smallest absolute Gasteiger partial charge is 0.273 e. The van der Waals surface area contributed by atoms with Gasteiger partial charge in [0.25, 0.3) is 5.91 Å². The second kappa shape index (κ2) is 4.12. The molecule has 3 aromatic heterocycles. The van der Waals surface area contributed by atoms with Crippen LogP contribution in [0.3, 0.4) is 0 Å². The number of rotatable bonds is 2. The van der Waals surface area contributed by atoms with E-state index in [0.29, 0.717) is 22.7 Å². The zero-order valence-corrected chi connectivity index (χ0v) is 10.2. The maximum atomic E-state index is 11.5. The van der Waals surface area contributed by atoms with E-state index in [1.165, 1.54) is 18.0 Å². The molecule has 0 spiro atoms. The molecule has 0 bridgehead atoms. The molecule has 0 saturated carbocycles. The second-order valence-corrected chi connectivity index (χ2v) is 3.83. The van der Waals surface area contributed by atoms with E-state index in [9.17, 15) is 4.79 Å². The van der Waals surface area contributed by atoms with Gasteiger partial charge < -0.3 is 5.32 Å². The molecule has 0 aliphatic heterocycles. The van der Waals surface area contributed by atoms with Crippen LogP contribution >= 0.6 is 0 Å². The predicted molar refractivity (Wildman–Crippen MR) is 64.7 cm³/mol. The van der Waals surface area contributed by atoms with Gasteiger partial charge in [0.15, 0.2) is 17.2 Å². The summed E-state index contributed by atoms with van der Waals surface area (Å²) in [6.07, 6.45) is 2.97. The maximum absolute atomic E-state index is 11.5. The number of hydrogen-bond donors (Lipinski definition) is 2. The van der Waals surface area contributed by atoms with Crippen molar-refractivity contribution in [1.29, 1.82) is 0 Å². The van der Waals surface area contributed by atoms with Crippen LogP contribution in [-0.4, -0.2) is 48.1 Å². The monoisotopic (exact) mass is 258 g/mol. The van der Waals surface area contributed by atoms with Crippen molar-refractivity contribution < 1.29 is 4.79 Å². The van der Waals surface area contributed by atoms with Crippen LogP contribution < -0.4 is 5.32 Å². The molecule has 0 atom stereocenters. The Balaban J connectivity index is 2.16. The van der Waals surface area contributed by atoms with Crippen molar-refractivity contribution in [2.45, 2.75) is 6.92 Å². The van der Waals surface area contributed by atoms with E-state index in [1.807, 2.05) is 0 Å². The quantitative estimate of drug-likeness (QED) is 0.646. The van der Waals surface area contributed by atoms with Gasteiger partial charge in [0.2, 0.25) is 0 Å². The molecule has 0 unspecified atom stereocenters. The van der Waals surface area contributed by atoms with Crippen molar-refractivity contribution in [2.75, 3.05) is 7.05 Å². The third-order valence-electron chi connectivity index (χ3n) is 2.54. The summed E-state index contributed by atoms with van der Waals surface area (Å²) in [4.78, 5) is 21.2. The van der Waals surface area contributed by atoms with Gasteiger partial charge in [-0.05, 0) is 6.92 Å². The first kappa shape index (κ1) is 11.3. The molecule has 9 heteroatoms. The van der Waals surface area contributed by atoms with Gasteiger partial charge in [-0.3, -0.25) is 9.89 Å². The highest BCUT2D eigenvalue weighted by Crippen LogP contribution is 2.15. The molecule has 0 fully saturated rings. The van der Waals surface area contributed by atoms with E-state index in [0.717, 1.165) is 0 Å². The molecule has 19 heavy (non-hydrogen) atoms. The average molecular weight is 258 g/mol. The van der Waals surface area contributed by atoms with Crippen LogP contribution in [0.25, 0.3) is 16.9 Å². The Labute approximate surface area is 107 Å². The number of hydrogen-bond acceptors (Lipinski definition) is 6. The third kappa shape index (κ3) is 1.80. The number of carbonyl (C=O) groups excluding carboxylic acids is 1. The second-order valence-electron chi connectivity index (χ2n) is 3.83. The fourth-order valence-electron chi connectivity index (χ4n) is 1.68. The topological polar surface area (TPSA) is 114 Å². The molecule has 96 valence electrons. The molecule has 3 heterocycles. The Kier molecular flexibility index (Phi) is 2.44. The maximum Gasteiger partial charge on any atom is 0.273 e. The Morgan fingerprint density at radius 2 is 2.21 bits per heavy atom.